The van der Waals surface area contributed by atoms with E-state index in [1.807, 2.05) is 0 Å². The molecule has 1 fully saturated rings. The average molecular weight is 277 g/mol. The summed E-state index contributed by atoms with van der Waals surface area (Å²) < 4.78 is 5.78. The van der Waals surface area contributed by atoms with Crippen molar-refractivity contribution >= 4 is 5.91 Å². The van der Waals surface area contributed by atoms with Crippen LogP contribution in [0.15, 0.2) is 18.3 Å². The second kappa shape index (κ2) is 6.22. The Labute approximate surface area is 120 Å². The minimum atomic E-state index is -0.229. The number of ether oxygens (including phenoxy) is 1. The Bertz CT molecular complexity index is 468. The molecule has 0 atom stereocenters. The Morgan fingerprint density at radius 1 is 1.40 bits per heavy atom. The average Bonchev–Trinajstić information content (AvgIpc) is 2.45. The number of aromatic nitrogens is 1. The second-order valence-corrected chi connectivity index (χ2v) is 5.79. The van der Waals surface area contributed by atoms with Crippen LogP contribution in [0.2, 0.25) is 0 Å². The Morgan fingerprint density at radius 3 is 2.75 bits per heavy atom. The first-order chi connectivity index (χ1) is 9.50. The van der Waals surface area contributed by atoms with E-state index in [4.69, 9.17) is 10.5 Å². The number of carbonyl (C=O) groups is 1. The summed E-state index contributed by atoms with van der Waals surface area (Å²) in [6.07, 6.45) is 7.19. The van der Waals surface area contributed by atoms with Crippen LogP contribution < -0.4 is 10.5 Å². The molecule has 20 heavy (non-hydrogen) atoms. The zero-order valence-corrected chi connectivity index (χ0v) is 12.3. The summed E-state index contributed by atoms with van der Waals surface area (Å²) in [6.45, 7) is 0.493. The molecule has 0 unspecified atom stereocenters. The van der Waals surface area contributed by atoms with Crippen LogP contribution in [-0.4, -0.2) is 42.0 Å². The minimum absolute atomic E-state index is 0.129. The van der Waals surface area contributed by atoms with Gasteiger partial charge >= 0.3 is 0 Å². The predicted molar refractivity (Wildman–Crippen MR) is 77.8 cm³/mol. The maximum absolute atomic E-state index is 11.8. The van der Waals surface area contributed by atoms with Crippen molar-refractivity contribution < 1.29 is 9.53 Å². The van der Waals surface area contributed by atoms with E-state index in [0.717, 1.165) is 12.8 Å². The monoisotopic (exact) mass is 277 g/mol. The van der Waals surface area contributed by atoms with Crippen molar-refractivity contribution in [1.82, 2.24) is 9.88 Å². The molecule has 5 nitrogen and oxygen atoms in total. The van der Waals surface area contributed by atoms with Crippen molar-refractivity contribution in [1.29, 1.82) is 0 Å². The first kappa shape index (κ1) is 14.8. The van der Waals surface area contributed by atoms with Gasteiger partial charge in [0.15, 0.2) is 0 Å². The molecule has 0 spiro atoms. The van der Waals surface area contributed by atoms with Gasteiger partial charge in [-0.2, -0.15) is 0 Å². The third kappa shape index (κ3) is 3.70. The van der Waals surface area contributed by atoms with Crippen molar-refractivity contribution in [2.45, 2.75) is 37.6 Å². The quantitative estimate of drug-likeness (QED) is 0.911. The topological polar surface area (TPSA) is 68.5 Å². The number of pyridine rings is 1. The molecule has 0 aromatic carbocycles. The highest BCUT2D eigenvalue weighted by atomic mass is 16.5. The van der Waals surface area contributed by atoms with Crippen LogP contribution >= 0.6 is 0 Å². The van der Waals surface area contributed by atoms with Crippen molar-refractivity contribution in [3.05, 3.63) is 24.0 Å². The maximum Gasteiger partial charge on any atom is 0.272 e. The van der Waals surface area contributed by atoms with Gasteiger partial charge in [0.25, 0.3) is 5.91 Å². The molecule has 1 saturated carbocycles. The first-order valence-corrected chi connectivity index (χ1v) is 7.10. The predicted octanol–water partition coefficient (Wildman–Crippen LogP) is 1.82. The summed E-state index contributed by atoms with van der Waals surface area (Å²) >= 11 is 0. The third-order valence-corrected chi connectivity index (χ3v) is 3.73. The van der Waals surface area contributed by atoms with E-state index in [2.05, 4.69) is 4.98 Å². The van der Waals surface area contributed by atoms with Crippen LogP contribution in [-0.2, 0) is 0 Å². The standard InChI is InChI=1S/C15H23N3O2/c1-18(2)14(19)13-10-12(6-9-17-13)20-11-15(16)7-4-3-5-8-15/h6,9-10H,3-5,7-8,11,16H2,1-2H3. The summed E-state index contributed by atoms with van der Waals surface area (Å²) in [4.78, 5) is 17.4. The highest BCUT2D eigenvalue weighted by Gasteiger charge is 2.28. The van der Waals surface area contributed by atoms with Crippen molar-refractivity contribution in [3.63, 3.8) is 0 Å². The molecule has 110 valence electrons. The van der Waals surface area contributed by atoms with Crippen LogP contribution in [0.5, 0.6) is 5.75 Å². The molecule has 1 aliphatic carbocycles. The molecule has 0 saturated heterocycles. The molecule has 1 aromatic rings. The zero-order chi connectivity index (χ0) is 14.6. The lowest BCUT2D eigenvalue weighted by Crippen LogP contribution is -2.47. The molecular formula is C15H23N3O2. The van der Waals surface area contributed by atoms with Crippen LogP contribution in [0.4, 0.5) is 0 Å². The summed E-state index contributed by atoms with van der Waals surface area (Å²) in [5.74, 6) is 0.524. The molecule has 0 radical (unpaired) electrons. The van der Waals surface area contributed by atoms with E-state index in [0.29, 0.717) is 18.1 Å². The van der Waals surface area contributed by atoms with E-state index >= 15 is 0 Å². The lowest BCUT2D eigenvalue weighted by atomic mass is 9.83. The van der Waals surface area contributed by atoms with Crippen LogP contribution in [0.3, 0.4) is 0 Å². The number of rotatable bonds is 4. The van der Waals surface area contributed by atoms with Gasteiger partial charge < -0.3 is 15.4 Å². The fourth-order valence-corrected chi connectivity index (χ4v) is 2.47. The Morgan fingerprint density at radius 2 is 2.10 bits per heavy atom. The van der Waals surface area contributed by atoms with E-state index in [1.165, 1.54) is 24.2 Å². The minimum Gasteiger partial charge on any atom is -0.492 e. The van der Waals surface area contributed by atoms with Gasteiger partial charge in [0, 0.05) is 26.4 Å². The van der Waals surface area contributed by atoms with Gasteiger partial charge in [-0.25, -0.2) is 0 Å². The largest absolute Gasteiger partial charge is 0.492 e. The number of nitrogens with two attached hydrogens (primary N) is 1. The molecule has 0 aliphatic heterocycles. The van der Waals surface area contributed by atoms with E-state index in [9.17, 15) is 4.79 Å². The smallest absolute Gasteiger partial charge is 0.272 e. The molecule has 2 N–H and O–H groups in total. The summed E-state index contributed by atoms with van der Waals surface area (Å²) in [7, 11) is 3.41. The summed E-state index contributed by atoms with van der Waals surface area (Å²) in [5, 5.41) is 0. The Hall–Kier alpha value is -1.62. The zero-order valence-electron chi connectivity index (χ0n) is 12.3. The Balaban J connectivity index is 1.99. The highest BCUT2D eigenvalue weighted by molar-refractivity contribution is 5.92. The van der Waals surface area contributed by atoms with Gasteiger partial charge in [0.1, 0.15) is 18.1 Å². The highest BCUT2D eigenvalue weighted by Crippen LogP contribution is 2.26. The normalized spacial score (nSPS) is 17.6. The second-order valence-electron chi connectivity index (χ2n) is 5.79. The summed E-state index contributed by atoms with van der Waals surface area (Å²) in [6, 6.07) is 3.44. The van der Waals surface area contributed by atoms with Crippen LogP contribution in [0.25, 0.3) is 0 Å². The van der Waals surface area contributed by atoms with Gasteiger partial charge in [-0.1, -0.05) is 19.3 Å². The van der Waals surface area contributed by atoms with Gasteiger partial charge in [-0.05, 0) is 18.9 Å². The lowest BCUT2D eigenvalue weighted by molar-refractivity contribution is 0.0821. The summed E-state index contributed by atoms with van der Waals surface area (Å²) in [5.41, 5.74) is 6.50. The van der Waals surface area contributed by atoms with E-state index in [1.54, 1.807) is 32.4 Å². The van der Waals surface area contributed by atoms with E-state index < -0.39 is 0 Å². The first-order valence-electron chi connectivity index (χ1n) is 7.10. The van der Waals surface area contributed by atoms with Gasteiger partial charge in [-0.15, -0.1) is 0 Å². The van der Waals surface area contributed by atoms with Crippen LogP contribution in [0, 0.1) is 0 Å². The molecule has 0 bridgehead atoms. The van der Waals surface area contributed by atoms with E-state index in [-0.39, 0.29) is 11.4 Å². The number of nitrogens with zero attached hydrogens (tertiary/aromatic N) is 2. The van der Waals surface area contributed by atoms with Crippen LogP contribution in [0.1, 0.15) is 42.6 Å². The molecule has 2 rings (SSSR count). The maximum atomic E-state index is 11.8. The third-order valence-electron chi connectivity index (χ3n) is 3.73. The van der Waals surface area contributed by atoms with Crippen molar-refractivity contribution in [3.8, 4) is 5.75 Å². The van der Waals surface area contributed by atoms with Gasteiger partial charge in [0.2, 0.25) is 0 Å². The van der Waals surface area contributed by atoms with Crippen molar-refractivity contribution in [2.24, 2.45) is 5.73 Å². The number of hydrogen-bond acceptors (Lipinski definition) is 4. The van der Waals surface area contributed by atoms with Gasteiger partial charge in [0.05, 0.1) is 5.54 Å². The molecule has 1 heterocycles. The Kier molecular flexibility index (Phi) is 4.60. The molecule has 1 aromatic heterocycles. The SMILES string of the molecule is CN(C)C(=O)c1cc(OCC2(N)CCCCC2)ccn1. The number of hydrogen-bond donors (Lipinski definition) is 1. The van der Waals surface area contributed by atoms with Crippen molar-refractivity contribution in [2.75, 3.05) is 20.7 Å². The molecule has 1 amide bonds. The molecule has 1 aliphatic rings. The fraction of sp³-hybridized carbons (Fsp3) is 0.600. The lowest BCUT2D eigenvalue weighted by Gasteiger charge is -2.33. The number of amides is 1. The number of carbonyl (C=O) groups excluding carboxylic acids is 1. The fourth-order valence-electron chi connectivity index (χ4n) is 2.47. The molecule has 5 heteroatoms. The van der Waals surface area contributed by atoms with Gasteiger partial charge in [-0.3, -0.25) is 9.78 Å². The molecular weight excluding hydrogens is 254 g/mol.